The van der Waals surface area contributed by atoms with Crippen molar-refractivity contribution in [3.05, 3.63) is 71.3 Å². The van der Waals surface area contributed by atoms with E-state index in [0.29, 0.717) is 77.1 Å². The molecule has 4 N–H and O–H groups in total. The highest BCUT2D eigenvalue weighted by Crippen LogP contribution is 2.18. The van der Waals surface area contributed by atoms with Crippen molar-refractivity contribution in [3.63, 3.8) is 0 Å². The molecule has 3 aromatic rings. The van der Waals surface area contributed by atoms with Crippen LogP contribution >= 0.6 is 0 Å². The summed E-state index contributed by atoms with van der Waals surface area (Å²) in [4.78, 5) is 16.1. The molecule has 1 fully saturated rings. The van der Waals surface area contributed by atoms with Crippen molar-refractivity contribution < 1.29 is 14.2 Å². The molecule has 0 aliphatic carbocycles. The minimum absolute atomic E-state index is 0.516. The number of aryl methyl sites for hydroxylation is 2. The van der Waals surface area contributed by atoms with Crippen LogP contribution in [-0.4, -0.2) is 80.8 Å². The first-order valence-corrected chi connectivity index (χ1v) is 13.3. The zero-order valence-electron chi connectivity index (χ0n) is 22.0. The third-order valence-electron chi connectivity index (χ3n) is 6.16. The van der Waals surface area contributed by atoms with Gasteiger partial charge in [0.25, 0.3) is 0 Å². The lowest BCUT2D eigenvalue weighted by Crippen LogP contribution is -2.37. The number of anilines is 3. The van der Waals surface area contributed by atoms with Gasteiger partial charge in [-0.1, -0.05) is 54.6 Å². The number of rotatable bonds is 16. The molecule has 0 spiro atoms. The summed E-state index contributed by atoms with van der Waals surface area (Å²) in [5, 5.41) is 6.70. The molecular weight excluding hydrogens is 482 g/mol. The quantitative estimate of drug-likeness (QED) is 0.243. The molecular formula is C28H39N7O3. The predicted octanol–water partition coefficient (Wildman–Crippen LogP) is 2.51. The molecule has 0 bridgehead atoms. The number of benzene rings is 2. The van der Waals surface area contributed by atoms with E-state index in [-0.39, 0.29) is 0 Å². The Morgan fingerprint density at radius 2 is 1.45 bits per heavy atom. The molecule has 0 amide bonds. The number of nitrogens with one attached hydrogen (secondary N) is 2. The molecule has 204 valence electrons. The summed E-state index contributed by atoms with van der Waals surface area (Å²) in [6.45, 7) is 6.65. The lowest BCUT2D eigenvalue weighted by molar-refractivity contribution is 0.0547. The monoisotopic (exact) mass is 521 g/mol. The van der Waals surface area contributed by atoms with E-state index in [0.717, 1.165) is 25.9 Å². The molecule has 0 radical (unpaired) electrons. The second-order valence-electron chi connectivity index (χ2n) is 8.93. The minimum Gasteiger partial charge on any atom is -0.378 e. The first-order valence-electron chi connectivity index (χ1n) is 13.3. The summed E-state index contributed by atoms with van der Waals surface area (Å²) in [6.07, 6.45) is 1.97. The van der Waals surface area contributed by atoms with Gasteiger partial charge in [-0.2, -0.15) is 15.0 Å². The summed E-state index contributed by atoms with van der Waals surface area (Å²) in [5.74, 6) is 1.70. The van der Waals surface area contributed by atoms with Gasteiger partial charge in [0.2, 0.25) is 17.8 Å². The number of aromatic nitrogens is 3. The van der Waals surface area contributed by atoms with Crippen LogP contribution in [0.25, 0.3) is 0 Å². The molecule has 0 unspecified atom stereocenters. The molecule has 1 aliphatic rings. The van der Waals surface area contributed by atoms with E-state index in [1.54, 1.807) is 0 Å². The summed E-state index contributed by atoms with van der Waals surface area (Å²) >= 11 is 0. The Morgan fingerprint density at radius 1 is 0.763 bits per heavy atom. The summed E-state index contributed by atoms with van der Waals surface area (Å²) in [5.41, 5.74) is 9.31. The highest BCUT2D eigenvalue weighted by Gasteiger charge is 2.17. The van der Waals surface area contributed by atoms with Crippen LogP contribution in [0.2, 0.25) is 0 Å². The third kappa shape index (κ3) is 9.21. The normalized spacial score (nSPS) is 13.4. The molecule has 10 heteroatoms. The van der Waals surface area contributed by atoms with Crippen molar-refractivity contribution >= 4 is 17.8 Å². The Morgan fingerprint density at radius 3 is 2.21 bits per heavy atom. The number of hydrogen-bond donors (Lipinski definition) is 3. The second-order valence-corrected chi connectivity index (χ2v) is 8.93. The Labute approximate surface area is 224 Å². The maximum atomic E-state index is 5.61. The lowest BCUT2D eigenvalue weighted by atomic mass is 10.00. The average Bonchev–Trinajstić information content (AvgIpc) is 2.97. The molecule has 38 heavy (non-hydrogen) atoms. The largest absolute Gasteiger partial charge is 0.378 e. The Kier molecular flexibility index (Phi) is 11.5. The van der Waals surface area contributed by atoms with Crippen molar-refractivity contribution in [2.75, 3.05) is 81.4 Å². The van der Waals surface area contributed by atoms with Crippen molar-refractivity contribution in [2.24, 2.45) is 5.73 Å². The smallest absolute Gasteiger partial charge is 0.232 e. The average molecular weight is 522 g/mol. The minimum atomic E-state index is 0.516. The van der Waals surface area contributed by atoms with E-state index in [1.165, 1.54) is 16.7 Å². The maximum Gasteiger partial charge on any atom is 0.232 e. The van der Waals surface area contributed by atoms with Gasteiger partial charge in [0.1, 0.15) is 0 Å². The first-order chi connectivity index (χ1) is 18.8. The zero-order valence-corrected chi connectivity index (χ0v) is 22.0. The third-order valence-corrected chi connectivity index (χ3v) is 6.16. The van der Waals surface area contributed by atoms with Crippen molar-refractivity contribution in [1.82, 2.24) is 15.0 Å². The summed E-state index contributed by atoms with van der Waals surface area (Å²) in [6, 6.07) is 19.1. The summed E-state index contributed by atoms with van der Waals surface area (Å²) < 4.78 is 16.4. The number of nitrogens with zero attached hydrogens (tertiary/aromatic N) is 4. The topological polar surface area (TPSA) is 120 Å². The highest BCUT2D eigenvalue weighted by molar-refractivity contribution is 5.45. The Hall–Kier alpha value is -3.31. The van der Waals surface area contributed by atoms with Crippen LogP contribution in [0.5, 0.6) is 0 Å². The molecule has 1 aromatic heterocycles. The van der Waals surface area contributed by atoms with Crippen LogP contribution in [0.15, 0.2) is 54.6 Å². The fourth-order valence-electron chi connectivity index (χ4n) is 4.14. The van der Waals surface area contributed by atoms with Crippen LogP contribution in [-0.2, 0) is 33.6 Å². The van der Waals surface area contributed by atoms with Gasteiger partial charge in [0.15, 0.2) is 0 Å². The molecule has 0 atom stereocenters. The molecule has 2 heterocycles. The van der Waals surface area contributed by atoms with Crippen LogP contribution in [0.4, 0.5) is 17.8 Å². The fourth-order valence-corrected chi connectivity index (χ4v) is 4.14. The molecule has 1 saturated heterocycles. The van der Waals surface area contributed by atoms with Gasteiger partial charge in [0.05, 0.1) is 39.6 Å². The fraction of sp³-hybridized carbons (Fsp3) is 0.464. The number of hydrogen-bond acceptors (Lipinski definition) is 10. The van der Waals surface area contributed by atoms with Crippen molar-refractivity contribution in [1.29, 1.82) is 0 Å². The lowest BCUT2D eigenvalue weighted by Gasteiger charge is -2.27. The molecule has 10 nitrogen and oxygen atoms in total. The Bertz CT molecular complexity index is 1080. The van der Waals surface area contributed by atoms with E-state index >= 15 is 0 Å². The van der Waals surface area contributed by atoms with E-state index < -0.39 is 0 Å². The van der Waals surface area contributed by atoms with Gasteiger partial charge in [0, 0.05) is 32.7 Å². The van der Waals surface area contributed by atoms with Gasteiger partial charge in [-0.15, -0.1) is 0 Å². The van der Waals surface area contributed by atoms with Crippen LogP contribution in [0.1, 0.15) is 16.7 Å². The van der Waals surface area contributed by atoms with Crippen molar-refractivity contribution in [3.8, 4) is 0 Å². The van der Waals surface area contributed by atoms with Gasteiger partial charge in [-0.25, -0.2) is 0 Å². The first kappa shape index (κ1) is 27.7. The Balaban J connectivity index is 1.36. The van der Waals surface area contributed by atoms with Gasteiger partial charge in [-0.3, -0.25) is 0 Å². The second kappa shape index (κ2) is 15.8. The molecule has 0 saturated carbocycles. The van der Waals surface area contributed by atoms with E-state index in [9.17, 15) is 0 Å². The number of morpholine rings is 1. The zero-order chi connectivity index (χ0) is 26.3. The van der Waals surface area contributed by atoms with Crippen LogP contribution in [0, 0.1) is 0 Å². The summed E-state index contributed by atoms with van der Waals surface area (Å²) in [7, 11) is 0. The maximum absolute atomic E-state index is 5.61. The number of ether oxygens (including phenoxy) is 3. The van der Waals surface area contributed by atoms with E-state index in [4.69, 9.17) is 24.9 Å². The van der Waals surface area contributed by atoms with Gasteiger partial charge >= 0.3 is 0 Å². The number of nitrogens with two attached hydrogens (primary N) is 1. The van der Waals surface area contributed by atoms with E-state index in [2.05, 4.69) is 80.1 Å². The SMILES string of the molecule is NCCOCCOCCNc1nc(NCc2ccccc2CCc2ccccc2)nc(N2CCOCC2)n1. The predicted molar refractivity (Wildman–Crippen MR) is 150 cm³/mol. The van der Waals surface area contributed by atoms with Crippen LogP contribution < -0.4 is 21.3 Å². The molecule has 1 aliphatic heterocycles. The van der Waals surface area contributed by atoms with Crippen molar-refractivity contribution in [2.45, 2.75) is 19.4 Å². The van der Waals surface area contributed by atoms with Gasteiger partial charge in [-0.05, 0) is 29.5 Å². The van der Waals surface area contributed by atoms with Gasteiger partial charge < -0.3 is 35.5 Å². The highest BCUT2D eigenvalue weighted by atomic mass is 16.5. The molecule has 2 aromatic carbocycles. The van der Waals surface area contributed by atoms with Crippen LogP contribution in [0.3, 0.4) is 0 Å². The standard InChI is InChI=1S/C28H39N7O3/c29-12-16-36-20-21-37-17-13-30-26-32-27(34-28(33-26)35-14-18-38-19-15-35)31-22-25-9-5-4-8-24(25)11-10-23-6-2-1-3-7-23/h1-9H,10-22,29H2,(H2,30,31,32,33,34). The van der Waals surface area contributed by atoms with E-state index in [1.807, 2.05) is 0 Å². The molecule has 4 rings (SSSR count).